The van der Waals surface area contributed by atoms with Crippen molar-refractivity contribution < 1.29 is 24.2 Å². The Morgan fingerprint density at radius 2 is 1.90 bits per heavy atom. The van der Waals surface area contributed by atoms with Crippen molar-refractivity contribution in [3.8, 4) is 0 Å². The number of hydrogen-bond acceptors (Lipinski definition) is 5. The van der Waals surface area contributed by atoms with Crippen molar-refractivity contribution >= 4 is 12.1 Å². The maximum Gasteiger partial charge on any atom is 0.411 e. The topological polar surface area (TPSA) is 76.1 Å². The van der Waals surface area contributed by atoms with Crippen LogP contribution in [0.25, 0.3) is 0 Å². The lowest BCUT2D eigenvalue weighted by Gasteiger charge is -2.36. The molecule has 20 heavy (non-hydrogen) atoms. The monoisotopic (exact) mass is 285 g/mol. The van der Waals surface area contributed by atoms with Crippen molar-refractivity contribution in [2.24, 2.45) is 11.8 Å². The van der Waals surface area contributed by atoms with Crippen molar-refractivity contribution in [1.82, 2.24) is 4.90 Å². The quantitative estimate of drug-likeness (QED) is 0.732. The van der Waals surface area contributed by atoms with Crippen LogP contribution in [0.3, 0.4) is 0 Å². The molecular formula is C14H23NO5. The van der Waals surface area contributed by atoms with Gasteiger partial charge in [-0.3, -0.25) is 4.90 Å². The van der Waals surface area contributed by atoms with Crippen LogP contribution in [0.2, 0.25) is 0 Å². The molecular weight excluding hydrogens is 262 g/mol. The highest BCUT2D eigenvalue weighted by Gasteiger charge is 2.61. The van der Waals surface area contributed by atoms with Gasteiger partial charge in [0.1, 0.15) is 11.6 Å². The maximum absolute atomic E-state index is 12.4. The molecule has 1 saturated carbocycles. The lowest BCUT2D eigenvalue weighted by atomic mass is 9.93. The number of piperidine rings is 1. The van der Waals surface area contributed by atoms with E-state index < -0.39 is 29.8 Å². The number of methoxy groups -OCH3 is 1. The van der Waals surface area contributed by atoms with Crippen LogP contribution in [-0.4, -0.2) is 53.0 Å². The van der Waals surface area contributed by atoms with E-state index in [4.69, 9.17) is 9.47 Å². The van der Waals surface area contributed by atoms with E-state index in [1.54, 1.807) is 20.8 Å². The van der Waals surface area contributed by atoms with Crippen LogP contribution in [0.1, 0.15) is 34.1 Å². The van der Waals surface area contributed by atoms with Gasteiger partial charge < -0.3 is 14.6 Å². The number of carbonyl (C=O) groups is 2. The zero-order valence-corrected chi connectivity index (χ0v) is 12.6. The molecule has 0 aromatic heterocycles. The molecule has 6 nitrogen and oxygen atoms in total. The van der Waals surface area contributed by atoms with Gasteiger partial charge in [0.05, 0.1) is 19.3 Å². The minimum Gasteiger partial charge on any atom is -0.467 e. The molecule has 2 aliphatic rings. The first kappa shape index (κ1) is 15.1. The summed E-state index contributed by atoms with van der Waals surface area (Å²) in [4.78, 5) is 25.7. The number of fused-ring (bicyclic) bond motifs is 2. The first-order valence-corrected chi connectivity index (χ1v) is 6.94. The van der Waals surface area contributed by atoms with Crippen molar-refractivity contribution in [2.45, 2.75) is 57.9 Å². The van der Waals surface area contributed by atoms with Crippen molar-refractivity contribution in [1.29, 1.82) is 0 Å². The summed E-state index contributed by atoms with van der Waals surface area (Å²) >= 11 is 0. The molecule has 2 rings (SSSR count). The molecule has 1 heterocycles. The van der Waals surface area contributed by atoms with Crippen molar-refractivity contribution in [2.75, 3.05) is 7.11 Å². The van der Waals surface area contributed by atoms with E-state index in [1.165, 1.54) is 12.0 Å². The van der Waals surface area contributed by atoms with E-state index in [2.05, 4.69) is 0 Å². The second kappa shape index (κ2) is 4.91. The molecule has 2 unspecified atom stereocenters. The number of nitrogens with zero attached hydrogens (tertiary/aromatic N) is 1. The number of carbonyl (C=O) groups excluding carboxylic acids is 2. The summed E-state index contributed by atoms with van der Waals surface area (Å²) in [5.74, 6) is -0.460. The van der Waals surface area contributed by atoms with E-state index >= 15 is 0 Å². The van der Waals surface area contributed by atoms with Crippen LogP contribution in [0.4, 0.5) is 4.79 Å². The third kappa shape index (κ3) is 2.37. The number of ether oxygens (including phenoxy) is 2. The Kier molecular flexibility index (Phi) is 3.71. The fourth-order valence-electron chi connectivity index (χ4n) is 3.44. The van der Waals surface area contributed by atoms with Crippen LogP contribution >= 0.6 is 0 Å². The van der Waals surface area contributed by atoms with E-state index in [1.807, 2.05) is 6.92 Å². The smallest absolute Gasteiger partial charge is 0.411 e. The Balaban J connectivity index is 2.27. The minimum atomic E-state index is -0.654. The highest BCUT2D eigenvalue weighted by atomic mass is 16.6. The highest BCUT2D eigenvalue weighted by molar-refractivity contribution is 5.83. The van der Waals surface area contributed by atoms with E-state index in [0.29, 0.717) is 6.42 Å². The van der Waals surface area contributed by atoms with Gasteiger partial charge in [-0.1, -0.05) is 6.92 Å². The summed E-state index contributed by atoms with van der Waals surface area (Å²) in [7, 11) is 1.31. The molecule has 1 amide bonds. The average Bonchev–Trinajstić information content (AvgIpc) is 2.75. The fourth-order valence-corrected chi connectivity index (χ4v) is 3.44. The molecule has 1 N–H and O–H groups in total. The predicted molar refractivity (Wildman–Crippen MR) is 70.9 cm³/mol. The lowest BCUT2D eigenvalue weighted by Crippen LogP contribution is -2.55. The van der Waals surface area contributed by atoms with Crippen LogP contribution in [0.5, 0.6) is 0 Å². The molecule has 1 aliphatic heterocycles. The largest absolute Gasteiger partial charge is 0.467 e. The number of amides is 1. The molecule has 0 spiro atoms. The highest BCUT2D eigenvalue weighted by Crippen LogP contribution is 2.47. The van der Waals surface area contributed by atoms with Crippen LogP contribution in [0.15, 0.2) is 0 Å². The first-order valence-electron chi connectivity index (χ1n) is 6.94. The number of aliphatic hydroxyl groups excluding tert-OH is 1. The van der Waals surface area contributed by atoms with Gasteiger partial charge in [-0.05, 0) is 39.0 Å². The lowest BCUT2D eigenvalue weighted by molar-refractivity contribution is -0.149. The average molecular weight is 285 g/mol. The molecule has 114 valence electrons. The van der Waals surface area contributed by atoms with Gasteiger partial charge in [-0.25, -0.2) is 9.59 Å². The van der Waals surface area contributed by atoms with Crippen LogP contribution in [-0.2, 0) is 14.3 Å². The Morgan fingerprint density at radius 3 is 2.40 bits per heavy atom. The number of likely N-dealkylation sites (tertiary alicyclic amines) is 1. The summed E-state index contributed by atoms with van der Waals surface area (Å²) in [5, 5.41) is 10.1. The van der Waals surface area contributed by atoms with E-state index in [-0.39, 0.29) is 17.9 Å². The Morgan fingerprint density at radius 1 is 1.30 bits per heavy atom. The molecule has 1 aliphatic carbocycles. The molecule has 6 heteroatoms. The molecule has 0 radical (unpaired) electrons. The van der Waals surface area contributed by atoms with Crippen LogP contribution in [0, 0.1) is 11.8 Å². The van der Waals surface area contributed by atoms with E-state index in [0.717, 1.165) is 0 Å². The number of esters is 1. The van der Waals surface area contributed by atoms with Crippen molar-refractivity contribution in [3.05, 3.63) is 0 Å². The second-order valence-corrected chi connectivity index (χ2v) is 6.67. The van der Waals surface area contributed by atoms with Crippen molar-refractivity contribution in [3.63, 3.8) is 0 Å². The second-order valence-electron chi connectivity index (χ2n) is 6.67. The van der Waals surface area contributed by atoms with Gasteiger partial charge in [0.15, 0.2) is 0 Å². The third-order valence-electron chi connectivity index (χ3n) is 4.20. The number of aliphatic hydroxyl groups is 1. The van der Waals surface area contributed by atoms with Gasteiger partial charge in [-0.15, -0.1) is 0 Å². The zero-order valence-electron chi connectivity index (χ0n) is 12.6. The van der Waals surface area contributed by atoms with E-state index in [9.17, 15) is 14.7 Å². The molecule has 2 fully saturated rings. The third-order valence-corrected chi connectivity index (χ3v) is 4.20. The summed E-state index contributed by atoms with van der Waals surface area (Å²) in [6.07, 6.45) is -0.653. The fraction of sp³-hybridized carbons (Fsp3) is 0.857. The number of rotatable bonds is 1. The SMILES string of the molecule is COC(=O)[C@@H]1C2C[C@@H](O)C([C@@H]2C)N1C(=O)OC(C)(C)C. The van der Waals surface area contributed by atoms with Gasteiger partial charge in [0, 0.05) is 0 Å². The molecule has 2 bridgehead atoms. The van der Waals surface area contributed by atoms with Gasteiger partial charge in [-0.2, -0.15) is 0 Å². The molecule has 5 atom stereocenters. The molecule has 0 aromatic carbocycles. The standard InChI is InChI=1S/C14H23NO5/c1-7-8-6-9(16)10(7)15(11(8)12(17)19-5)13(18)20-14(2,3)4/h7-11,16H,6H2,1-5H3/t7-,8?,9-,10?,11+/m1/s1. The number of hydrogen-bond donors (Lipinski definition) is 1. The summed E-state index contributed by atoms with van der Waals surface area (Å²) in [5.41, 5.74) is -0.645. The predicted octanol–water partition coefficient (Wildman–Crippen LogP) is 1.16. The minimum absolute atomic E-state index is 0.0571. The van der Waals surface area contributed by atoms with Gasteiger partial charge in [0.25, 0.3) is 0 Å². The summed E-state index contributed by atoms with van der Waals surface area (Å²) < 4.78 is 10.2. The Hall–Kier alpha value is -1.30. The van der Waals surface area contributed by atoms with Gasteiger partial charge in [0.2, 0.25) is 0 Å². The maximum atomic E-state index is 12.4. The normalized spacial score (nSPS) is 36.1. The zero-order chi connectivity index (χ0) is 15.2. The Bertz CT molecular complexity index is 416. The van der Waals surface area contributed by atoms with Crippen LogP contribution < -0.4 is 0 Å². The van der Waals surface area contributed by atoms with Gasteiger partial charge >= 0.3 is 12.1 Å². The molecule has 0 aromatic rings. The first-order chi connectivity index (χ1) is 9.17. The Labute approximate surface area is 119 Å². The molecule has 1 saturated heterocycles. The summed E-state index contributed by atoms with van der Waals surface area (Å²) in [6, 6.07) is -1.03. The summed E-state index contributed by atoms with van der Waals surface area (Å²) in [6.45, 7) is 7.26.